The van der Waals surface area contributed by atoms with Gasteiger partial charge in [-0.1, -0.05) is 0 Å². The number of anilines is 1. The Bertz CT molecular complexity index is 377. The Morgan fingerprint density at radius 1 is 1.29 bits per heavy atom. The van der Waals surface area contributed by atoms with Crippen LogP contribution in [0.3, 0.4) is 0 Å². The van der Waals surface area contributed by atoms with Gasteiger partial charge in [0.15, 0.2) is 5.96 Å². The molecular weight excluding hydrogens is 228 g/mol. The van der Waals surface area contributed by atoms with Gasteiger partial charge in [-0.05, 0) is 38.1 Å². The molecule has 0 aliphatic heterocycles. The van der Waals surface area contributed by atoms with E-state index in [2.05, 4.69) is 15.0 Å². The molecule has 0 atom stereocenters. The molecular formula is C11H15F2N3O. The lowest BCUT2D eigenvalue weighted by atomic mass is 10.3. The van der Waals surface area contributed by atoms with E-state index in [1.807, 2.05) is 13.8 Å². The second kappa shape index (κ2) is 6.03. The van der Waals surface area contributed by atoms with Gasteiger partial charge in [0.25, 0.3) is 0 Å². The third-order valence-corrected chi connectivity index (χ3v) is 1.75. The molecule has 0 heterocycles. The molecule has 94 valence electrons. The number of rotatable bonds is 4. The summed E-state index contributed by atoms with van der Waals surface area (Å²) in [5.74, 6) is 0.382. The average molecular weight is 243 g/mol. The zero-order valence-corrected chi connectivity index (χ0v) is 9.65. The third kappa shape index (κ3) is 5.14. The molecule has 17 heavy (non-hydrogen) atoms. The van der Waals surface area contributed by atoms with E-state index in [4.69, 9.17) is 5.73 Å². The van der Waals surface area contributed by atoms with Crippen molar-refractivity contribution in [3.8, 4) is 5.75 Å². The van der Waals surface area contributed by atoms with Crippen molar-refractivity contribution < 1.29 is 13.5 Å². The molecule has 1 rings (SSSR count). The van der Waals surface area contributed by atoms with E-state index >= 15 is 0 Å². The number of aliphatic imine (C=N–C) groups is 1. The number of halogens is 2. The van der Waals surface area contributed by atoms with E-state index in [0.717, 1.165) is 0 Å². The van der Waals surface area contributed by atoms with Crippen LogP contribution in [-0.4, -0.2) is 18.6 Å². The van der Waals surface area contributed by atoms with E-state index in [0.29, 0.717) is 5.69 Å². The highest BCUT2D eigenvalue weighted by Crippen LogP contribution is 2.17. The molecule has 0 spiro atoms. The van der Waals surface area contributed by atoms with Crippen molar-refractivity contribution >= 4 is 11.6 Å². The predicted molar refractivity (Wildman–Crippen MR) is 63.5 cm³/mol. The third-order valence-electron chi connectivity index (χ3n) is 1.75. The van der Waals surface area contributed by atoms with Gasteiger partial charge in [-0.3, -0.25) is 4.99 Å². The first-order valence-corrected chi connectivity index (χ1v) is 5.12. The fraction of sp³-hybridized carbons (Fsp3) is 0.364. The largest absolute Gasteiger partial charge is 0.435 e. The predicted octanol–water partition coefficient (Wildman–Crippen LogP) is 2.42. The van der Waals surface area contributed by atoms with Gasteiger partial charge in [0.1, 0.15) is 5.75 Å². The van der Waals surface area contributed by atoms with Crippen LogP contribution in [0.15, 0.2) is 29.3 Å². The standard InChI is InChI=1S/C11H15F2N3O/c1-7(2)15-11(14)16-8-3-5-9(6-4-8)17-10(12)13/h3-7,10H,1-2H3,(H3,14,15,16). The maximum absolute atomic E-state index is 11.9. The van der Waals surface area contributed by atoms with Gasteiger partial charge in [-0.25, -0.2) is 0 Å². The van der Waals surface area contributed by atoms with Crippen LogP contribution < -0.4 is 15.8 Å². The number of nitrogens with zero attached hydrogens (tertiary/aromatic N) is 1. The molecule has 3 N–H and O–H groups in total. The molecule has 0 saturated carbocycles. The Balaban J connectivity index is 2.62. The summed E-state index contributed by atoms with van der Waals surface area (Å²) in [5.41, 5.74) is 6.27. The van der Waals surface area contributed by atoms with Crippen LogP contribution in [0.5, 0.6) is 5.75 Å². The van der Waals surface area contributed by atoms with Crippen LogP contribution in [0.25, 0.3) is 0 Å². The van der Waals surface area contributed by atoms with Crippen LogP contribution in [-0.2, 0) is 0 Å². The lowest BCUT2D eigenvalue weighted by Crippen LogP contribution is -2.23. The Kier molecular flexibility index (Phi) is 4.68. The van der Waals surface area contributed by atoms with Crippen LogP contribution in [0.1, 0.15) is 13.8 Å². The van der Waals surface area contributed by atoms with Crippen LogP contribution in [0.4, 0.5) is 14.5 Å². The molecule has 0 bridgehead atoms. The molecule has 0 fully saturated rings. The number of ether oxygens (including phenoxy) is 1. The Labute approximate surface area is 98.5 Å². The molecule has 4 nitrogen and oxygen atoms in total. The van der Waals surface area contributed by atoms with Gasteiger partial charge in [-0.2, -0.15) is 8.78 Å². The first kappa shape index (κ1) is 13.2. The molecule has 1 aromatic rings. The van der Waals surface area contributed by atoms with Gasteiger partial charge in [0, 0.05) is 11.7 Å². The molecule has 0 aromatic heterocycles. The maximum Gasteiger partial charge on any atom is 0.387 e. The quantitative estimate of drug-likeness (QED) is 0.630. The van der Waals surface area contributed by atoms with Gasteiger partial charge >= 0.3 is 6.61 Å². The average Bonchev–Trinajstić information content (AvgIpc) is 2.18. The van der Waals surface area contributed by atoms with Gasteiger partial charge in [0.05, 0.1) is 0 Å². The summed E-state index contributed by atoms with van der Waals surface area (Å²) in [6.07, 6.45) is 0. The Morgan fingerprint density at radius 2 is 1.88 bits per heavy atom. The van der Waals surface area contributed by atoms with Gasteiger partial charge < -0.3 is 15.8 Å². The smallest absolute Gasteiger partial charge is 0.387 e. The van der Waals surface area contributed by atoms with Gasteiger partial charge in [0.2, 0.25) is 0 Å². The molecule has 0 saturated heterocycles. The van der Waals surface area contributed by atoms with E-state index < -0.39 is 6.61 Å². The minimum atomic E-state index is -2.82. The lowest BCUT2D eigenvalue weighted by molar-refractivity contribution is -0.0498. The van der Waals surface area contributed by atoms with Crippen molar-refractivity contribution in [3.63, 3.8) is 0 Å². The number of hydrogen-bond acceptors (Lipinski definition) is 2. The molecule has 0 amide bonds. The number of hydrogen-bond donors (Lipinski definition) is 2. The first-order chi connectivity index (χ1) is 7.97. The fourth-order valence-corrected chi connectivity index (χ4v) is 1.18. The summed E-state index contributed by atoms with van der Waals surface area (Å²) in [5, 5.41) is 2.84. The van der Waals surface area contributed by atoms with E-state index in [9.17, 15) is 8.78 Å². The summed E-state index contributed by atoms with van der Waals surface area (Å²) < 4.78 is 28.0. The van der Waals surface area contributed by atoms with Crippen molar-refractivity contribution in [3.05, 3.63) is 24.3 Å². The normalized spacial score (nSPS) is 12.0. The van der Waals surface area contributed by atoms with E-state index in [1.165, 1.54) is 12.1 Å². The summed E-state index contributed by atoms with van der Waals surface area (Å²) in [7, 11) is 0. The Morgan fingerprint density at radius 3 is 2.35 bits per heavy atom. The number of benzene rings is 1. The summed E-state index contributed by atoms with van der Waals surface area (Å²) in [6.45, 7) is 0.976. The van der Waals surface area contributed by atoms with Crippen molar-refractivity contribution in [1.82, 2.24) is 0 Å². The summed E-state index contributed by atoms with van der Waals surface area (Å²) in [6, 6.07) is 6.11. The minimum absolute atomic E-state index is 0.0870. The fourth-order valence-electron chi connectivity index (χ4n) is 1.18. The molecule has 0 aliphatic carbocycles. The van der Waals surface area contributed by atoms with Gasteiger partial charge in [-0.15, -0.1) is 0 Å². The highest BCUT2D eigenvalue weighted by atomic mass is 19.3. The summed E-state index contributed by atoms with van der Waals surface area (Å²) in [4.78, 5) is 4.08. The number of alkyl halides is 2. The zero-order chi connectivity index (χ0) is 12.8. The molecule has 6 heteroatoms. The van der Waals surface area contributed by atoms with Crippen LogP contribution >= 0.6 is 0 Å². The number of guanidine groups is 1. The first-order valence-electron chi connectivity index (χ1n) is 5.12. The molecule has 1 aromatic carbocycles. The number of nitrogens with one attached hydrogen (secondary N) is 1. The van der Waals surface area contributed by atoms with Crippen molar-refractivity contribution in [2.24, 2.45) is 10.7 Å². The molecule has 0 aliphatic rings. The van der Waals surface area contributed by atoms with Crippen molar-refractivity contribution in [1.29, 1.82) is 0 Å². The van der Waals surface area contributed by atoms with Crippen LogP contribution in [0, 0.1) is 0 Å². The van der Waals surface area contributed by atoms with E-state index in [-0.39, 0.29) is 17.8 Å². The second-order valence-corrected chi connectivity index (χ2v) is 3.64. The van der Waals surface area contributed by atoms with Crippen molar-refractivity contribution in [2.45, 2.75) is 26.5 Å². The molecule has 0 radical (unpaired) electrons. The minimum Gasteiger partial charge on any atom is -0.435 e. The number of nitrogens with two attached hydrogens (primary N) is 1. The Hall–Kier alpha value is -1.85. The highest BCUT2D eigenvalue weighted by molar-refractivity contribution is 5.92. The SMILES string of the molecule is CC(C)N=C(N)Nc1ccc(OC(F)F)cc1. The highest BCUT2D eigenvalue weighted by Gasteiger charge is 2.03. The van der Waals surface area contributed by atoms with E-state index in [1.54, 1.807) is 12.1 Å². The van der Waals surface area contributed by atoms with Crippen LogP contribution in [0.2, 0.25) is 0 Å². The summed E-state index contributed by atoms with van der Waals surface area (Å²) >= 11 is 0. The lowest BCUT2D eigenvalue weighted by Gasteiger charge is -2.08. The molecule has 0 unspecified atom stereocenters. The topological polar surface area (TPSA) is 59.6 Å². The monoisotopic (exact) mass is 243 g/mol. The van der Waals surface area contributed by atoms with Crippen molar-refractivity contribution in [2.75, 3.05) is 5.32 Å². The maximum atomic E-state index is 11.9. The second-order valence-electron chi connectivity index (χ2n) is 3.64. The zero-order valence-electron chi connectivity index (χ0n) is 9.65.